The molecule has 3 heterocycles. The zero-order valence-electron chi connectivity index (χ0n) is 13.5. The van der Waals surface area contributed by atoms with E-state index in [9.17, 15) is 8.78 Å². The number of thiophene rings is 2. The van der Waals surface area contributed by atoms with Gasteiger partial charge in [0, 0.05) is 15.8 Å². The molecule has 0 aliphatic heterocycles. The molecule has 140 valence electrons. The highest BCUT2D eigenvalue weighted by Crippen LogP contribution is 2.37. The molecule has 3 rings (SSSR count). The van der Waals surface area contributed by atoms with E-state index in [0.717, 1.165) is 14.0 Å². The summed E-state index contributed by atoms with van der Waals surface area (Å²) in [5.41, 5.74) is 6.75. The van der Waals surface area contributed by atoms with Crippen molar-refractivity contribution in [3.63, 3.8) is 0 Å². The fraction of sp³-hybridized carbons (Fsp3) is 0.400. The van der Waals surface area contributed by atoms with Gasteiger partial charge in [-0.2, -0.15) is 8.78 Å². The number of alkyl halides is 2. The SMILES string of the molecule is N[C@@H](CCOC(F)F)Cc1sc2c(NCc3cccs3)nnnc2c1Br. The van der Waals surface area contributed by atoms with Gasteiger partial charge >= 0.3 is 6.61 Å². The van der Waals surface area contributed by atoms with Crippen molar-refractivity contribution in [3.8, 4) is 0 Å². The van der Waals surface area contributed by atoms with Crippen LogP contribution < -0.4 is 11.1 Å². The molecule has 0 spiro atoms. The third-order valence-corrected chi connectivity index (χ3v) is 6.79. The van der Waals surface area contributed by atoms with Gasteiger partial charge in [-0.15, -0.1) is 32.9 Å². The van der Waals surface area contributed by atoms with E-state index in [1.165, 1.54) is 16.2 Å². The van der Waals surface area contributed by atoms with E-state index in [2.05, 4.69) is 41.4 Å². The minimum atomic E-state index is -2.77. The molecule has 0 saturated heterocycles. The number of hydrogen-bond donors (Lipinski definition) is 2. The molecule has 0 radical (unpaired) electrons. The Morgan fingerprint density at radius 2 is 2.19 bits per heavy atom. The average Bonchev–Trinajstić information content (AvgIpc) is 3.22. The lowest BCUT2D eigenvalue weighted by molar-refractivity contribution is -0.129. The fourth-order valence-corrected chi connectivity index (χ4v) is 4.97. The van der Waals surface area contributed by atoms with E-state index < -0.39 is 6.61 Å². The first-order valence-electron chi connectivity index (χ1n) is 7.76. The summed E-state index contributed by atoms with van der Waals surface area (Å²) in [7, 11) is 0. The van der Waals surface area contributed by atoms with Gasteiger partial charge in [-0.05, 0) is 45.4 Å². The Balaban J connectivity index is 1.71. The molecule has 0 aromatic carbocycles. The van der Waals surface area contributed by atoms with Gasteiger partial charge in [0.05, 0.1) is 17.6 Å². The van der Waals surface area contributed by atoms with E-state index in [-0.39, 0.29) is 12.6 Å². The molecule has 0 aliphatic rings. The molecular formula is C15H16BrF2N5OS2. The number of hydrogen-bond acceptors (Lipinski definition) is 8. The van der Waals surface area contributed by atoms with E-state index in [4.69, 9.17) is 5.73 Å². The molecule has 0 amide bonds. The predicted molar refractivity (Wildman–Crippen MR) is 103 cm³/mol. The monoisotopic (exact) mass is 463 g/mol. The zero-order valence-corrected chi connectivity index (χ0v) is 16.7. The highest BCUT2D eigenvalue weighted by Gasteiger charge is 2.18. The predicted octanol–water partition coefficient (Wildman–Crippen LogP) is 4.02. The lowest BCUT2D eigenvalue weighted by Crippen LogP contribution is -2.24. The Labute approximate surface area is 164 Å². The van der Waals surface area contributed by atoms with Gasteiger partial charge in [0.1, 0.15) is 10.2 Å². The van der Waals surface area contributed by atoms with Gasteiger partial charge in [0.15, 0.2) is 5.82 Å². The Kier molecular flexibility index (Phi) is 6.81. The number of aromatic nitrogens is 3. The second kappa shape index (κ2) is 9.09. The maximum Gasteiger partial charge on any atom is 0.345 e. The van der Waals surface area contributed by atoms with Crippen molar-refractivity contribution in [2.45, 2.75) is 32.0 Å². The molecule has 0 saturated carbocycles. The van der Waals surface area contributed by atoms with Crippen LogP contribution in [0.5, 0.6) is 0 Å². The normalized spacial score (nSPS) is 12.8. The summed E-state index contributed by atoms with van der Waals surface area (Å²) < 4.78 is 30.0. The van der Waals surface area contributed by atoms with Crippen LogP contribution in [0, 0.1) is 0 Å². The Hall–Kier alpha value is -1.27. The number of nitrogens with two attached hydrogens (primary N) is 1. The summed E-state index contributed by atoms with van der Waals surface area (Å²) in [6.45, 7) is -2.19. The summed E-state index contributed by atoms with van der Waals surface area (Å²) in [5.74, 6) is 0.662. The first-order valence-corrected chi connectivity index (χ1v) is 10.3. The van der Waals surface area contributed by atoms with Gasteiger partial charge in [-0.1, -0.05) is 6.07 Å². The average molecular weight is 464 g/mol. The molecule has 0 unspecified atom stereocenters. The van der Waals surface area contributed by atoms with Crippen molar-refractivity contribution in [2.24, 2.45) is 5.73 Å². The Bertz CT molecular complexity index is 846. The van der Waals surface area contributed by atoms with Gasteiger partial charge in [-0.25, -0.2) is 0 Å². The fourth-order valence-electron chi connectivity index (χ4n) is 2.33. The summed E-state index contributed by atoms with van der Waals surface area (Å²) >= 11 is 6.72. The first-order chi connectivity index (χ1) is 12.5. The Morgan fingerprint density at radius 1 is 1.35 bits per heavy atom. The van der Waals surface area contributed by atoms with Crippen LogP contribution in [0.4, 0.5) is 14.6 Å². The molecule has 0 bridgehead atoms. The standard InChI is InChI=1S/C15H16BrF2N5OS2/c16-11-10(6-8(19)3-4-24-15(17)18)26-13-12(11)21-23-22-14(13)20-7-9-2-1-5-25-9/h1-2,5,8,15H,3-4,6-7,19H2,(H,20,21,22)/t8-/m0/s1. The van der Waals surface area contributed by atoms with Crippen LogP contribution in [-0.4, -0.2) is 34.7 Å². The van der Waals surface area contributed by atoms with Gasteiger partial charge in [0.25, 0.3) is 0 Å². The number of nitrogens with zero attached hydrogens (tertiary/aromatic N) is 3. The summed E-state index contributed by atoms with van der Waals surface area (Å²) in [6.07, 6.45) is 0.872. The third kappa shape index (κ3) is 4.92. The van der Waals surface area contributed by atoms with Crippen molar-refractivity contribution in [3.05, 3.63) is 31.7 Å². The second-order valence-electron chi connectivity index (χ2n) is 5.47. The maximum absolute atomic E-state index is 12.0. The highest BCUT2D eigenvalue weighted by atomic mass is 79.9. The third-order valence-electron chi connectivity index (χ3n) is 3.59. The lowest BCUT2D eigenvalue weighted by atomic mass is 10.1. The molecule has 0 aliphatic carbocycles. The van der Waals surface area contributed by atoms with Gasteiger partial charge < -0.3 is 15.8 Å². The molecular weight excluding hydrogens is 448 g/mol. The molecule has 11 heteroatoms. The van der Waals surface area contributed by atoms with Crippen molar-refractivity contribution in [1.29, 1.82) is 0 Å². The first kappa shape index (κ1) is 19.5. The minimum absolute atomic E-state index is 0.0731. The van der Waals surface area contributed by atoms with E-state index in [0.29, 0.717) is 30.7 Å². The highest BCUT2D eigenvalue weighted by molar-refractivity contribution is 9.10. The largest absolute Gasteiger partial charge is 0.362 e. The molecule has 3 aromatic heterocycles. The van der Waals surface area contributed by atoms with Gasteiger partial charge in [-0.3, -0.25) is 0 Å². The quantitative estimate of drug-likeness (QED) is 0.498. The number of nitrogens with one attached hydrogen (secondary N) is 1. The van der Waals surface area contributed by atoms with Crippen molar-refractivity contribution in [2.75, 3.05) is 11.9 Å². The van der Waals surface area contributed by atoms with Crippen LogP contribution in [0.25, 0.3) is 10.2 Å². The van der Waals surface area contributed by atoms with Crippen molar-refractivity contribution in [1.82, 2.24) is 15.4 Å². The van der Waals surface area contributed by atoms with E-state index in [1.807, 2.05) is 17.5 Å². The summed E-state index contributed by atoms with van der Waals surface area (Å²) in [5, 5.41) is 17.3. The topological polar surface area (TPSA) is 86.0 Å². The number of halogens is 3. The van der Waals surface area contributed by atoms with Crippen LogP contribution in [0.3, 0.4) is 0 Å². The summed E-state index contributed by atoms with van der Waals surface area (Å²) in [6, 6.07) is 3.75. The second-order valence-corrected chi connectivity index (χ2v) is 8.40. The lowest BCUT2D eigenvalue weighted by Gasteiger charge is -2.10. The molecule has 1 atom stereocenters. The zero-order chi connectivity index (χ0) is 18.5. The number of anilines is 1. The molecule has 26 heavy (non-hydrogen) atoms. The van der Waals surface area contributed by atoms with E-state index in [1.54, 1.807) is 11.3 Å². The van der Waals surface area contributed by atoms with Crippen LogP contribution in [0.15, 0.2) is 22.0 Å². The Morgan fingerprint density at radius 3 is 2.92 bits per heavy atom. The molecule has 3 aromatic rings. The molecule has 3 N–H and O–H groups in total. The van der Waals surface area contributed by atoms with Crippen LogP contribution in [0.1, 0.15) is 16.2 Å². The van der Waals surface area contributed by atoms with Gasteiger partial charge in [0.2, 0.25) is 0 Å². The van der Waals surface area contributed by atoms with Crippen LogP contribution >= 0.6 is 38.6 Å². The number of rotatable bonds is 9. The smallest absolute Gasteiger partial charge is 0.345 e. The number of ether oxygens (including phenoxy) is 1. The van der Waals surface area contributed by atoms with Crippen molar-refractivity contribution >= 4 is 54.6 Å². The van der Waals surface area contributed by atoms with Crippen LogP contribution in [0.2, 0.25) is 0 Å². The van der Waals surface area contributed by atoms with Crippen molar-refractivity contribution < 1.29 is 13.5 Å². The number of fused-ring (bicyclic) bond motifs is 1. The molecule has 6 nitrogen and oxygen atoms in total. The van der Waals surface area contributed by atoms with E-state index >= 15 is 0 Å². The molecule has 0 fully saturated rings. The van der Waals surface area contributed by atoms with Crippen LogP contribution in [-0.2, 0) is 17.7 Å². The maximum atomic E-state index is 12.0. The summed E-state index contributed by atoms with van der Waals surface area (Å²) in [4.78, 5) is 2.17. The minimum Gasteiger partial charge on any atom is -0.362 e.